The van der Waals surface area contributed by atoms with E-state index in [9.17, 15) is 9.59 Å². The Hall–Kier alpha value is -3.00. The number of nitrogens with one attached hydrogen (secondary N) is 1. The molecule has 1 unspecified atom stereocenters. The molecule has 7 nitrogen and oxygen atoms in total. The predicted octanol–water partition coefficient (Wildman–Crippen LogP) is 4.24. The van der Waals surface area contributed by atoms with Gasteiger partial charge >= 0.3 is 0 Å². The number of amides is 2. The van der Waals surface area contributed by atoms with Gasteiger partial charge in [-0.1, -0.05) is 25.3 Å². The van der Waals surface area contributed by atoms with Crippen LogP contribution in [-0.2, 0) is 17.8 Å². The Bertz CT molecular complexity index is 1190. The van der Waals surface area contributed by atoms with Crippen molar-refractivity contribution in [2.24, 2.45) is 0 Å². The third-order valence-electron chi connectivity index (χ3n) is 7.10. The summed E-state index contributed by atoms with van der Waals surface area (Å²) in [6.45, 7) is 0.905. The van der Waals surface area contributed by atoms with Crippen molar-refractivity contribution < 1.29 is 19.1 Å². The van der Waals surface area contributed by atoms with Crippen molar-refractivity contribution in [3.05, 3.63) is 47.0 Å². The van der Waals surface area contributed by atoms with E-state index in [1.54, 1.807) is 30.5 Å². The third kappa shape index (κ3) is 4.27. The first-order valence-corrected chi connectivity index (χ1v) is 12.9. The number of ether oxygens (including phenoxy) is 2. The summed E-state index contributed by atoms with van der Waals surface area (Å²) in [6.07, 6.45) is 6.13. The minimum absolute atomic E-state index is 0.0512. The minimum atomic E-state index is -0.540. The molecule has 34 heavy (non-hydrogen) atoms. The monoisotopic (exact) mass is 481 g/mol. The summed E-state index contributed by atoms with van der Waals surface area (Å²) in [7, 11) is 3.25. The maximum Gasteiger partial charge on any atom is 0.271 e. The number of rotatable bonds is 7. The molecule has 2 amide bonds. The van der Waals surface area contributed by atoms with Crippen LogP contribution in [0.15, 0.2) is 35.7 Å². The predicted molar refractivity (Wildman–Crippen MR) is 133 cm³/mol. The van der Waals surface area contributed by atoms with Crippen molar-refractivity contribution in [3.63, 3.8) is 0 Å². The van der Waals surface area contributed by atoms with Crippen LogP contribution < -0.4 is 14.8 Å². The van der Waals surface area contributed by atoms with Gasteiger partial charge in [0.1, 0.15) is 23.2 Å². The van der Waals surface area contributed by atoms with E-state index in [2.05, 4.69) is 5.32 Å². The molecule has 0 saturated heterocycles. The molecule has 180 valence electrons. The van der Waals surface area contributed by atoms with Gasteiger partial charge in [-0.25, -0.2) is 0 Å². The lowest BCUT2D eigenvalue weighted by Gasteiger charge is -2.37. The van der Waals surface area contributed by atoms with E-state index in [1.165, 1.54) is 6.42 Å². The maximum atomic E-state index is 13.6. The molecule has 8 heteroatoms. The molecule has 1 N–H and O–H groups in total. The van der Waals surface area contributed by atoms with Gasteiger partial charge in [-0.05, 0) is 48.4 Å². The van der Waals surface area contributed by atoms with E-state index in [-0.39, 0.29) is 17.9 Å². The largest absolute Gasteiger partial charge is 0.497 e. The number of hydrogen-bond donors (Lipinski definition) is 1. The molecular formula is C26H31N3O4S. The lowest BCUT2D eigenvalue weighted by Crippen LogP contribution is -2.57. The van der Waals surface area contributed by atoms with Crippen LogP contribution in [-0.4, -0.2) is 54.1 Å². The Balaban J connectivity index is 1.42. The quantitative estimate of drug-likeness (QED) is 0.548. The van der Waals surface area contributed by atoms with Crippen LogP contribution in [0.2, 0.25) is 0 Å². The van der Waals surface area contributed by atoms with E-state index >= 15 is 0 Å². The lowest BCUT2D eigenvalue weighted by molar-refractivity contribution is -0.127. The lowest BCUT2D eigenvalue weighted by atomic mass is 9.95. The highest BCUT2D eigenvalue weighted by molar-refractivity contribution is 7.17. The Morgan fingerprint density at radius 1 is 1.12 bits per heavy atom. The second-order valence-electron chi connectivity index (χ2n) is 9.10. The van der Waals surface area contributed by atoms with Crippen LogP contribution in [0.4, 0.5) is 0 Å². The molecule has 2 aromatic heterocycles. The molecule has 1 atom stereocenters. The Kier molecular flexibility index (Phi) is 6.50. The SMILES string of the molecule is COc1ccc(CCN2C(=O)c3cc4sccc4n3CC2C(=O)NC2CCCCC2)c(OC)c1. The molecular weight excluding hydrogens is 450 g/mol. The fraction of sp³-hybridized carbons (Fsp3) is 0.462. The number of carbonyl (C=O) groups is 2. The average Bonchev–Trinajstić information content (AvgIpc) is 3.46. The van der Waals surface area contributed by atoms with E-state index in [0.29, 0.717) is 25.2 Å². The van der Waals surface area contributed by atoms with Crippen molar-refractivity contribution in [2.75, 3.05) is 20.8 Å². The minimum Gasteiger partial charge on any atom is -0.497 e. The van der Waals surface area contributed by atoms with Gasteiger partial charge in [-0.2, -0.15) is 0 Å². The molecule has 3 heterocycles. The average molecular weight is 482 g/mol. The molecule has 1 fully saturated rings. The Morgan fingerprint density at radius 3 is 2.71 bits per heavy atom. The van der Waals surface area contributed by atoms with Crippen LogP contribution in [0, 0.1) is 0 Å². The Labute approximate surface area is 203 Å². The normalized spacial score (nSPS) is 18.7. The van der Waals surface area contributed by atoms with Crippen LogP contribution in [0.5, 0.6) is 11.5 Å². The van der Waals surface area contributed by atoms with Gasteiger partial charge in [0.25, 0.3) is 5.91 Å². The fourth-order valence-electron chi connectivity index (χ4n) is 5.24. The fourth-order valence-corrected chi connectivity index (χ4v) is 6.06. The first kappa shape index (κ1) is 22.8. The van der Waals surface area contributed by atoms with Gasteiger partial charge in [0.2, 0.25) is 5.91 Å². The molecule has 1 saturated carbocycles. The zero-order valence-corrected chi connectivity index (χ0v) is 20.5. The molecule has 5 rings (SSSR count). The summed E-state index contributed by atoms with van der Waals surface area (Å²) in [5, 5.41) is 5.28. The number of hydrogen-bond acceptors (Lipinski definition) is 5. The molecule has 2 aliphatic rings. The number of benzene rings is 1. The van der Waals surface area contributed by atoms with Crippen molar-refractivity contribution in [1.82, 2.24) is 14.8 Å². The number of methoxy groups -OCH3 is 2. The molecule has 3 aromatic rings. The molecule has 1 aliphatic carbocycles. The molecule has 0 bridgehead atoms. The smallest absolute Gasteiger partial charge is 0.271 e. The van der Waals surface area contributed by atoms with Gasteiger partial charge in [-0.15, -0.1) is 11.3 Å². The Morgan fingerprint density at radius 2 is 1.94 bits per heavy atom. The van der Waals surface area contributed by atoms with Crippen LogP contribution in [0.3, 0.4) is 0 Å². The summed E-state index contributed by atoms with van der Waals surface area (Å²) >= 11 is 1.62. The third-order valence-corrected chi connectivity index (χ3v) is 7.96. The van der Waals surface area contributed by atoms with E-state index in [0.717, 1.165) is 53.0 Å². The van der Waals surface area contributed by atoms with E-state index in [1.807, 2.05) is 40.3 Å². The highest BCUT2D eigenvalue weighted by atomic mass is 32.1. The summed E-state index contributed by atoms with van der Waals surface area (Å²) in [5.41, 5.74) is 2.66. The number of fused-ring (bicyclic) bond motifs is 3. The summed E-state index contributed by atoms with van der Waals surface area (Å²) in [6, 6.07) is 9.35. The zero-order valence-electron chi connectivity index (χ0n) is 19.7. The van der Waals surface area contributed by atoms with Gasteiger partial charge in [0.05, 0.1) is 31.0 Å². The van der Waals surface area contributed by atoms with Crippen molar-refractivity contribution in [1.29, 1.82) is 0 Å². The number of carbonyl (C=O) groups excluding carboxylic acids is 2. The number of nitrogens with zero attached hydrogens (tertiary/aromatic N) is 2. The van der Waals surface area contributed by atoms with Crippen molar-refractivity contribution in [3.8, 4) is 11.5 Å². The van der Waals surface area contributed by atoms with Crippen molar-refractivity contribution >= 4 is 33.4 Å². The van der Waals surface area contributed by atoms with Gasteiger partial charge in [0.15, 0.2) is 0 Å². The van der Waals surface area contributed by atoms with E-state index < -0.39 is 6.04 Å². The van der Waals surface area contributed by atoms with Gasteiger partial charge < -0.3 is 24.3 Å². The topological polar surface area (TPSA) is 72.8 Å². The van der Waals surface area contributed by atoms with E-state index in [4.69, 9.17) is 9.47 Å². The number of thiophene rings is 1. The first-order valence-electron chi connectivity index (χ1n) is 12.0. The zero-order chi connectivity index (χ0) is 23.7. The van der Waals surface area contributed by atoms with Crippen molar-refractivity contribution in [2.45, 2.75) is 57.2 Å². The molecule has 0 radical (unpaired) electrons. The molecule has 1 aromatic carbocycles. The standard InChI is InChI=1S/C26H31N3O4S/c1-32-19-9-8-17(23(14-19)33-2)10-12-28-22(25(30)27-18-6-4-3-5-7-18)16-29-20-11-13-34-24(20)15-21(29)26(28)31/h8-9,11,13-15,18,22H,3-7,10,12,16H2,1-2H3,(H,27,30). The van der Waals surface area contributed by atoms with Gasteiger partial charge in [-0.3, -0.25) is 9.59 Å². The molecule has 0 spiro atoms. The maximum absolute atomic E-state index is 13.6. The second kappa shape index (κ2) is 9.70. The first-order chi connectivity index (χ1) is 16.6. The van der Waals surface area contributed by atoms with Crippen LogP contribution in [0.25, 0.3) is 10.2 Å². The van der Waals surface area contributed by atoms with Crippen LogP contribution in [0.1, 0.15) is 48.2 Å². The summed E-state index contributed by atoms with van der Waals surface area (Å²) in [4.78, 5) is 28.9. The second-order valence-corrected chi connectivity index (χ2v) is 10.0. The summed E-state index contributed by atoms with van der Waals surface area (Å²) < 4.78 is 13.9. The summed E-state index contributed by atoms with van der Waals surface area (Å²) in [5.74, 6) is 1.30. The van der Waals surface area contributed by atoms with Crippen LogP contribution >= 0.6 is 11.3 Å². The van der Waals surface area contributed by atoms with Gasteiger partial charge in [0, 0.05) is 18.7 Å². The number of aromatic nitrogens is 1. The highest BCUT2D eigenvalue weighted by Crippen LogP contribution is 2.31. The highest BCUT2D eigenvalue weighted by Gasteiger charge is 2.38. The molecule has 1 aliphatic heterocycles.